The van der Waals surface area contributed by atoms with E-state index < -0.39 is 6.17 Å². The average Bonchev–Trinajstić information content (AvgIpc) is 3.10. The Labute approximate surface area is 212 Å². The molecule has 0 bridgehead atoms. The van der Waals surface area contributed by atoms with E-state index >= 15 is 0 Å². The van der Waals surface area contributed by atoms with Crippen LogP contribution in [0.1, 0.15) is 62.0 Å². The van der Waals surface area contributed by atoms with E-state index in [9.17, 15) is 9.59 Å². The van der Waals surface area contributed by atoms with Crippen LogP contribution in [-0.2, 0) is 4.79 Å². The van der Waals surface area contributed by atoms with Crippen LogP contribution in [0.2, 0.25) is 0 Å². The summed E-state index contributed by atoms with van der Waals surface area (Å²) in [6.07, 6.45) is 4.54. The van der Waals surface area contributed by atoms with Crippen molar-refractivity contribution in [3.8, 4) is 0 Å². The number of benzene rings is 2. The molecule has 5 rings (SSSR count). The molecule has 1 fully saturated rings. The van der Waals surface area contributed by atoms with E-state index in [1.165, 1.54) is 12.8 Å². The Balaban J connectivity index is 1.54. The molecule has 2 atom stereocenters. The van der Waals surface area contributed by atoms with Gasteiger partial charge in [-0.15, -0.1) is 0 Å². The summed E-state index contributed by atoms with van der Waals surface area (Å²) in [5.74, 6) is 0.580. The van der Waals surface area contributed by atoms with Crippen molar-refractivity contribution in [1.29, 1.82) is 0 Å². The summed E-state index contributed by atoms with van der Waals surface area (Å²) >= 11 is 0. The van der Waals surface area contributed by atoms with Gasteiger partial charge in [-0.1, -0.05) is 63.4 Å². The highest BCUT2D eigenvalue weighted by Gasteiger charge is 2.35. The first kappa shape index (κ1) is 24.1. The fraction of sp³-hybridized carbons (Fsp3) is 0.414. The Bertz CT molecular complexity index is 1240. The predicted octanol–water partition coefficient (Wildman–Crippen LogP) is 4.94. The number of anilines is 1. The number of carbonyl (C=O) groups excluding carboxylic acids is 2. The maximum absolute atomic E-state index is 14.0. The van der Waals surface area contributed by atoms with Gasteiger partial charge in [0, 0.05) is 36.1 Å². The number of amidine groups is 1. The van der Waals surface area contributed by atoms with Crippen LogP contribution in [0.25, 0.3) is 10.9 Å². The number of hydrogen-bond acceptors (Lipinski definition) is 4. The molecule has 2 N–H and O–H groups in total. The van der Waals surface area contributed by atoms with Crippen LogP contribution in [-0.4, -0.2) is 53.3 Å². The second-order valence-electron chi connectivity index (χ2n) is 9.98. The highest BCUT2D eigenvalue weighted by atomic mass is 16.2. The number of rotatable bonds is 5. The highest BCUT2D eigenvalue weighted by Crippen LogP contribution is 2.29. The van der Waals surface area contributed by atoms with Crippen LogP contribution in [0, 0.1) is 5.92 Å². The lowest BCUT2D eigenvalue weighted by molar-refractivity contribution is -0.120. The van der Waals surface area contributed by atoms with Gasteiger partial charge >= 0.3 is 0 Å². The van der Waals surface area contributed by atoms with Gasteiger partial charge in [0.05, 0.1) is 5.69 Å². The Morgan fingerprint density at radius 2 is 1.81 bits per heavy atom. The van der Waals surface area contributed by atoms with Gasteiger partial charge in [0.2, 0.25) is 6.17 Å². The van der Waals surface area contributed by atoms with Gasteiger partial charge in [0.15, 0.2) is 0 Å². The number of benzodiazepines with no additional fused rings is 1. The molecular weight excluding hydrogens is 450 g/mol. The third-order valence-corrected chi connectivity index (χ3v) is 7.33. The number of carbonyl (C=O) groups is 2. The molecule has 2 aromatic carbocycles. The molecule has 3 heterocycles. The highest BCUT2D eigenvalue weighted by molar-refractivity contribution is 6.13. The molecule has 2 aliphatic rings. The van der Waals surface area contributed by atoms with E-state index in [1.807, 2.05) is 53.4 Å². The van der Waals surface area contributed by atoms with Gasteiger partial charge in [-0.2, -0.15) is 0 Å². The topological polar surface area (TPSA) is 80.8 Å². The maximum Gasteiger partial charge on any atom is 0.272 e. The SMILES string of the molecule is CCC(C)CN1C(=O)C(NC(=O)c2cc3ccccc3[nH]2)N=C(N2CCCCCC2)c2ccccc21. The van der Waals surface area contributed by atoms with Crippen molar-refractivity contribution in [1.82, 2.24) is 15.2 Å². The molecule has 0 saturated carbocycles. The van der Waals surface area contributed by atoms with Crippen LogP contribution in [0.4, 0.5) is 5.69 Å². The molecule has 188 valence electrons. The minimum absolute atomic E-state index is 0.197. The molecule has 1 aromatic heterocycles. The van der Waals surface area contributed by atoms with E-state index in [-0.39, 0.29) is 11.8 Å². The first-order chi connectivity index (χ1) is 17.5. The molecule has 0 radical (unpaired) electrons. The van der Waals surface area contributed by atoms with E-state index in [4.69, 9.17) is 4.99 Å². The number of hydrogen-bond donors (Lipinski definition) is 2. The number of para-hydroxylation sites is 2. The van der Waals surface area contributed by atoms with Crippen LogP contribution in [0.5, 0.6) is 0 Å². The van der Waals surface area contributed by atoms with Gasteiger partial charge in [-0.05, 0) is 43.0 Å². The van der Waals surface area contributed by atoms with Crippen LogP contribution in [0.3, 0.4) is 0 Å². The minimum Gasteiger partial charge on any atom is -0.356 e. The lowest BCUT2D eigenvalue weighted by Crippen LogP contribution is -2.48. The van der Waals surface area contributed by atoms with E-state index in [0.29, 0.717) is 18.2 Å². The minimum atomic E-state index is -1.00. The third kappa shape index (κ3) is 4.87. The van der Waals surface area contributed by atoms with Crippen molar-refractivity contribution in [3.63, 3.8) is 0 Å². The smallest absolute Gasteiger partial charge is 0.272 e. The summed E-state index contributed by atoms with van der Waals surface area (Å²) in [6, 6.07) is 17.6. The number of H-pyrrole nitrogens is 1. The summed E-state index contributed by atoms with van der Waals surface area (Å²) < 4.78 is 0. The standard InChI is InChI=1S/C29H35N5O2/c1-3-20(2)19-34-25-15-9-7-13-22(25)27(33-16-10-4-5-11-17-33)31-26(29(34)36)32-28(35)24-18-21-12-6-8-14-23(21)30-24/h6-9,12-15,18,20,26,30H,3-5,10-11,16-17,19H2,1-2H3,(H,32,35). The summed E-state index contributed by atoms with van der Waals surface area (Å²) in [5.41, 5.74) is 3.13. The zero-order valence-electron chi connectivity index (χ0n) is 21.2. The maximum atomic E-state index is 14.0. The van der Waals surface area contributed by atoms with Gasteiger partial charge < -0.3 is 20.1 Å². The molecule has 2 aliphatic heterocycles. The van der Waals surface area contributed by atoms with Gasteiger partial charge in [0.25, 0.3) is 11.8 Å². The van der Waals surface area contributed by atoms with Crippen molar-refractivity contribution in [2.24, 2.45) is 10.9 Å². The lowest BCUT2D eigenvalue weighted by atomic mass is 10.1. The molecule has 1 saturated heterocycles. The molecule has 2 unspecified atom stereocenters. The summed E-state index contributed by atoms with van der Waals surface area (Å²) in [6.45, 7) is 6.65. The number of aliphatic imine (C=N–C) groups is 1. The third-order valence-electron chi connectivity index (χ3n) is 7.33. The Hall–Kier alpha value is -3.61. The zero-order valence-corrected chi connectivity index (χ0v) is 21.2. The molecule has 0 spiro atoms. The predicted molar refractivity (Wildman–Crippen MR) is 144 cm³/mol. The zero-order chi connectivity index (χ0) is 25.1. The molecule has 3 aromatic rings. The van der Waals surface area contributed by atoms with Crippen molar-refractivity contribution in [2.75, 3.05) is 24.5 Å². The van der Waals surface area contributed by atoms with E-state index in [0.717, 1.165) is 60.3 Å². The molecule has 7 nitrogen and oxygen atoms in total. The fourth-order valence-electron chi connectivity index (χ4n) is 5.07. The number of aromatic nitrogens is 1. The lowest BCUT2D eigenvalue weighted by Gasteiger charge is -2.28. The van der Waals surface area contributed by atoms with E-state index in [2.05, 4.69) is 35.1 Å². The fourth-order valence-corrected chi connectivity index (χ4v) is 5.07. The average molecular weight is 486 g/mol. The van der Waals surface area contributed by atoms with Crippen molar-refractivity contribution in [2.45, 2.75) is 52.1 Å². The Kier molecular flexibility index (Phi) is 7.07. The quantitative estimate of drug-likeness (QED) is 0.537. The van der Waals surface area contributed by atoms with Crippen molar-refractivity contribution >= 4 is 34.2 Å². The monoisotopic (exact) mass is 485 g/mol. The number of likely N-dealkylation sites (tertiary alicyclic amines) is 1. The van der Waals surface area contributed by atoms with Gasteiger partial charge in [-0.25, -0.2) is 4.99 Å². The number of aromatic amines is 1. The van der Waals surface area contributed by atoms with Gasteiger partial charge in [0.1, 0.15) is 11.5 Å². The van der Waals surface area contributed by atoms with Crippen LogP contribution < -0.4 is 10.2 Å². The summed E-state index contributed by atoms with van der Waals surface area (Å²) in [4.78, 5) is 39.6. The number of nitrogens with zero attached hydrogens (tertiary/aromatic N) is 3. The molecule has 2 amide bonds. The molecule has 0 aliphatic carbocycles. The first-order valence-electron chi connectivity index (χ1n) is 13.2. The first-order valence-corrected chi connectivity index (χ1v) is 13.2. The van der Waals surface area contributed by atoms with Crippen LogP contribution in [0.15, 0.2) is 59.6 Å². The largest absolute Gasteiger partial charge is 0.356 e. The molecule has 36 heavy (non-hydrogen) atoms. The van der Waals surface area contributed by atoms with Gasteiger partial charge in [-0.3, -0.25) is 9.59 Å². The normalized spacial score (nSPS) is 19.3. The molecule has 7 heteroatoms. The summed E-state index contributed by atoms with van der Waals surface area (Å²) in [5, 5.41) is 3.90. The van der Waals surface area contributed by atoms with Crippen molar-refractivity contribution in [3.05, 3.63) is 65.9 Å². The second-order valence-corrected chi connectivity index (χ2v) is 9.98. The molecular formula is C29H35N5O2. The van der Waals surface area contributed by atoms with Crippen LogP contribution >= 0.6 is 0 Å². The number of amides is 2. The van der Waals surface area contributed by atoms with E-state index in [1.54, 1.807) is 0 Å². The summed E-state index contributed by atoms with van der Waals surface area (Å²) in [7, 11) is 0. The number of fused-ring (bicyclic) bond motifs is 2. The number of nitrogens with one attached hydrogen (secondary N) is 2. The Morgan fingerprint density at radius 1 is 1.08 bits per heavy atom. The van der Waals surface area contributed by atoms with Crippen molar-refractivity contribution < 1.29 is 9.59 Å². The Morgan fingerprint density at radius 3 is 2.56 bits per heavy atom. The second kappa shape index (κ2) is 10.6.